The average Bonchev–Trinajstić information content (AvgIpc) is 2.85. The summed E-state index contributed by atoms with van der Waals surface area (Å²) in [6.07, 6.45) is 9.12. The van der Waals surface area contributed by atoms with Crippen LogP contribution in [0.25, 0.3) is 0 Å². The molecular weight excluding hydrogens is 308 g/mol. The lowest BCUT2D eigenvalue weighted by molar-refractivity contribution is -0.117. The summed E-state index contributed by atoms with van der Waals surface area (Å²) in [6, 6.07) is 0.444. The van der Waals surface area contributed by atoms with E-state index in [0.717, 1.165) is 6.42 Å². The van der Waals surface area contributed by atoms with Crippen molar-refractivity contribution in [2.75, 3.05) is 5.32 Å². The van der Waals surface area contributed by atoms with Crippen molar-refractivity contribution in [3.63, 3.8) is 0 Å². The molecule has 3 atom stereocenters. The van der Waals surface area contributed by atoms with E-state index in [-0.39, 0.29) is 11.9 Å². The van der Waals surface area contributed by atoms with Crippen LogP contribution in [-0.4, -0.2) is 28.0 Å². The molecule has 1 aliphatic heterocycles. The molecule has 1 aliphatic carbocycles. The van der Waals surface area contributed by atoms with E-state index in [0.29, 0.717) is 22.4 Å². The van der Waals surface area contributed by atoms with Crippen LogP contribution in [0.3, 0.4) is 0 Å². The SMILES string of the molecule is O=C(Nc1cnc(Br)cn1)C1CC2CCCCC2N1. The highest BCUT2D eigenvalue weighted by molar-refractivity contribution is 9.10. The van der Waals surface area contributed by atoms with E-state index in [2.05, 4.69) is 36.5 Å². The Hall–Kier alpha value is -1.01. The van der Waals surface area contributed by atoms with Gasteiger partial charge in [-0.3, -0.25) is 4.79 Å². The topological polar surface area (TPSA) is 66.9 Å². The molecule has 2 fully saturated rings. The molecule has 1 aromatic rings. The molecule has 1 amide bonds. The fraction of sp³-hybridized carbons (Fsp3) is 0.615. The summed E-state index contributed by atoms with van der Waals surface area (Å²) < 4.78 is 0.663. The maximum Gasteiger partial charge on any atom is 0.242 e. The first-order valence-corrected chi connectivity index (χ1v) is 7.56. The fourth-order valence-corrected chi connectivity index (χ4v) is 3.32. The van der Waals surface area contributed by atoms with Crippen molar-refractivity contribution in [2.24, 2.45) is 5.92 Å². The molecule has 2 heterocycles. The number of anilines is 1. The second kappa shape index (κ2) is 5.54. The highest BCUT2D eigenvalue weighted by Gasteiger charge is 2.38. The van der Waals surface area contributed by atoms with E-state index in [1.807, 2.05) is 0 Å². The van der Waals surface area contributed by atoms with Crippen molar-refractivity contribution >= 4 is 27.7 Å². The minimum Gasteiger partial charge on any atom is -0.308 e. The van der Waals surface area contributed by atoms with E-state index >= 15 is 0 Å². The van der Waals surface area contributed by atoms with Gasteiger partial charge in [0.2, 0.25) is 5.91 Å². The Bertz CT molecular complexity index is 450. The maximum absolute atomic E-state index is 12.2. The van der Waals surface area contributed by atoms with E-state index in [9.17, 15) is 4.79 Å². The van der Waals surface area contributed by atoms with Crippen LogP contribution >= 0.6 is 15.9 Å². The summed E-state index contributed by atoms with van der Waals surface area (Å²) in [5, 5.41) is 6.28. The molecular formula is C13H17BrN4O. The highest BCUT2D eigenvalue weighted by atomic mass is 79.9. The zero-order valence-corrected chi connectivity index (χ0v) is 12.2. The molecule has 19 heavy (non-hydrogen) atoms. The van der Waals surface area contributed by atoms with Crippen molar-refractivity contribution < 1.29 is 4.79 Å². The van der Waals surface area contributed by atoms with Crippen molar-refractivity contribution in [1.29, 1.82) is 0 Å². The van der Waals surface area contributed by atoms with Gasteiger partial charge in [-0.1, -0.05) is 12.8 Å². The lowest BCUT2D eigenvalue weighted by atomic mass is 9.85. The van der Waals surface area contributed by atoms with E-state index in [1.54, 1.807) is 12.4 Å². The lowest BCUT2D eigenvalue weighted by Gasteiger charge is -2.24. The van der Waals surface area contributed by atoms with Crippen LogP contribution in [0.1, 0.15) is 32.1 Å². The van der Waals surface area contributed by atoms with Crippen LogP contribution in [0, 0.1) is 5.92 Å². The number of amides is 1. The second-order valence-corrected chi connectivity index (χ2v) is 6.13. The van der Waals surface area contributed by atoms with Crippen LogP contribution < -0.4 is 10.6 Å². The number of nitrogens with one attached hydrogen (secondary N) is 2. The molecule has 1 aromatic heterocycles. The molecule has 3 rings (SSSR count). The first-order valence-electron chi connectivity index (χ1n) is 6.77. The van der Waals surface area contributed by atoms with E-state index in [1.165, 1.54) is 25.7 Å². The summed E-state index contributed by atoms with van der Waals surface area (Å²) in [7, 11) is 0. The van der Waals surface area contributed by atoms with Gasteiger partial charge in [-0.25, -0.2) is 9.97 Å². The molecule has 2 aliphatic rings. The van der Waals surface area contributed by atoms with Gasteiger partial charge in [-0.05, 0) is 41.1 Å². The van der Waals surface area contributed by atoms with Crippen LogP contribution in [0.15, 0.2) is 17.0 Å². The van der Waals surface area contributed by atoms with Crippen molar-refractivity contribution in [2.45, 2.75) is 44.2 Å². The van der Waals surface area contributed by atoms with Gasteiger partial charge in [0.25, 0.3) is 0 Å². The zero-order chi connectivity index (χ0) is 13.2. The summed E-state index contributed by atoms with van der Waals surface area (Å²) in [4.78, 5) is 20.4. The number of rotatable bonds is 2. The summed E-state index contributed by atoms with van der Waals surface area (Å²) in [5.41, 5.74) is 0. The molecule has 102 valence electrons. The van der Waals surface area contributed by atoms with Crippen molar-refractivity contribution in [3.8, 4) is 0 Å². The third-order valence-corrected chi connectivity index (χ3v) is 4.46. The molecule has 1 saturated carbocycles. The molecule has 0 spiro atoms. The minimum absolute atomic E-state index is 0.00558. The third kappa shape index (κ3) is 2.95. The van der Waals surface area contributed by atoms with Crippen molar-refractivity contribution in [3.05, 3.63) is 17.0 Å². The van der Waals surface area contributed by atoms with Crippen LogP contribution in [0.2, 0.25) is 0 Å². The Morgan fingerprint density at radius 1 is 1.32 bits per heavy atom. The Labute approximate surface area is 120 Å². The normalized spacial score (nSPS) is 29.8. The molecule has 0 radical (unpaired) electrons. The Balaban J connectivity index is 1.60. The molecule has 6 heteroatoms. The summed E-state index contributed by atoms with van der Waals surface area (Å²) in [6.45, 7) is 0. The molecule has 1 saturated heterocycles. The number of hydrogen-bond acceptors (Lipinski definition) is 4. The average molecular weight is 325 g/mol. The van der Waals surface area contributed by atoms with E-state index in [4.69, 9.17) is 0 Å². The van der Waals surface area contributed by atoms with Gasteiger partial charge >= 0.3 is 0 Å². The van der Waals surface area contributed by atoms with Gasteiger partial charge < -0.3 is 10.6 Å². The monoisotopic (exact) mass is 324 g/mol. The van der Waals surface area contributed by atoms with Gasteiger partial charge in [0.1, 0.15) is 4.60 Å². The molecule has 0 aromatic carbocycles. The number of halogens is 1. The predicted molar refractivity (Wildman–Crippen MR) is 75.6 cm³/mol. The van der Waals surface area contributed by atoms with Gasteiger partial charge in [0, 0.05) is 6.04 Å². The van der Waals surface area contributed by atoms with Crippen LogP contribution in [-0.2, 0) is 4.79 Å². The Kier molecular flexibility index (Phi) is 3.79. The number of fused-ring (bicyclic) bond motifs is 1. The van der Waals surface area contributed by atoms with Crippen LogP contribution in [0.4, 0.5) is 5.82 Å². The predicted octanol–water partition coefficient (Wildman–Crippen LogP) is 2.10. The number of aromatic nitrogens is 2. The van der Waals surface area contributed by atoms with Gasteiger partial charge in [-0.2, -0.15) is 0 Å². The Morgan fingerprint density at radius 2 is 2.16 bits per heavy atom. The molecule has 0 bridgehead atoms. The summed E-state index contributed by atoms with van der Waals surface area (Å²) in [5.74, 6) is 1.18. The minimum atomic E-state index is -0.0847. The van der Waals surface area contributed by atoms with Gasteiger partial charge in [0.15, 0.2) is 5.82 Å². The molecule has 3 unspecified atom stereocenters. The third-order valence-electron chi connectivity index (χ3n) is 4.05. The quantitative estimate of drug-likeness (QED) is 0.874. The number of carbonyl (C=O) groups excluding carboxylic acids is 1. The number of nitrogens with zero attached hydrogens (tertiary/aromatic N) is 2. The summed E-state index contributed by atoms with van der Waals surface area (Å²) >= 11 is 3.22. The largest absolute Gasteiger partial charge is 0.308 e. The van der Waals surface area contributed by atoms with Gasteiger partial charge in [-0.15, -0.1) is 0 Å². The van der Waals surface area contributed by atoms with Crippen molar-refractivity contribution in [1.82, 2.24) is 15.3 Å². The Morgan fingerprint density at radius 3 is 2.89 bits per heavy atom. The first-order chi connectivity index (χ1) is 9.22. The lowest BCUT2D eigenvalue weighted by Crippen LogP contribution is -2.40. The maximum atomic E-state index is 12.2. The van der Waals surface area contributed by atoms with E-state index < -0.39 is 0 Å². The van der Waals surface area contributed by atoms with Gasteiger partial charge in [0.05, 0.1) is 18.4 Å². The molecule has 5 nitrogen and oxygen atoms in total. The smallest absolute Gasteiger partial charge is 0.242 e. The zero-order valence-electron chi connectivity index (χ0n) is 10.6. The first kappa shape index (κ1) is 13.0. The number of hydrogen-bond donors (Lipinski definition) is 2. The standard InChI is InChI=1S/C13H17BrN4O/c14-11-6-16-12(7-15-11)18-13(19)10-5-8-3-1-2-4-9(8)17-10/h6-10,17H,1-5H2,(H,16,18,19). The fourth-order valence-electron chi connectivity index (χ4n) is 3.11. The second-order valence-electron chi connectivity index (χ2n) is 5.32. The highest BCUT2D eigenvalue weighted by Crippen LogP contribution is 2.33. The van der Waals surface area contributed by atoms with Crippen LogP contribution in [0.5, 0.6) is 0 Å². The number of carbonyl (C=O) groups is 1. The molecule has 2 N–H and O–H groups in total.